The number of nitrogens with zero attached hydrogens (tertiary/aromatic N) is 6. The fourth-order valence-electron chi connectivity index (χ4n) is 4.29. The van der Waals surface area contributed by atoms with Crippen LogP contribution in [0.15, 0.2) is 30.6 Å². The number of hydrogen-bond acceptors (Lipinski definition) is 6. The van der Waals surface area contributed by atoms with Crippen molar-refractivity contribution in [2.75, 3.05) is 18.0 Å². The number of benzene rings is 1. The summed E-state index contributed by atoms with van der Waals surface area (Å²) < 4.78 is 16.8. The lowest BCUT2D eigenvalue weighted by molar-refractivity contribution is 0.407. The normalized spacial score (nSPS) is 19.7. The summed E-state index contributed by atoms with van der Waals surface area (Å²) >= 11 is 0. The zero-order valence-electron chi connectivity index (χ0n) is 17.5. The highest BCUT2D eigenvalue weighted by molar-refractivity contribution is 5.84. The van der Waals surface area contributed by atoms with Gasteiger partial charge in [-0.05, 0) is 51.5 Å². The van der Waals surface area contributed by atoms with Gasteiger partial charge in [-0.15, -0.1) is 0 Å². The van der Waals surface area contributed by atoms with E-state index in [0.29, 0.717) is 34.5 Å². The van der Waals surface area contributed by atoms with Gasteiger partial charge >= 0.3 is 0 Å². The molecule has 5 rings (SSSR count). The Bertz CT molecular complexity index is 1260. The third-order valence-electron chi connectivity index (χ3n) is 5.50. The highest BCUT2D eigenvalue weighted by Crippen LogP contribution is 2.27. The van der Waals surface area contributed by atoms with Gasteiger partial charge < -0.3 is 10.2 Å². The number of anilines is 1. The van der Waals surface area contributed by atoms with E-state index in [4.69, 9.17) is 0 Å². The van der Waals surface area contributed by atoms with E-state index >= 15 is 4.39 Å². The van der Waals surface area contributed by atoms with Crippen LogP contribution in [-0.2, 0) is 0 Å². The summed E-state index contributed by atoms with van der Waals surface area (Å²) in [6.45, 7) is 9.85. The molecule has 8 heteroatoms. The van der Waals surface area contributed by atoms with Gasteiger partial charge in [-0.2, -0.15) is 5.10 Å². The van der Waals surface area contributed by atoms with Gasteiger partial charge in [-0.25, -0.2) is 23.9 Å². The molecule has 1 aromatic carbocycles. The first-order chi connectivity index (χ1) is 14.4. The van der Waals surface area contributed by atoms with Crippen LogP contribution in [0, 0.1) is 19.7 Å². The van der Waals surface area contributed by atoms with Crippen LogP contribution in [0.1, 0.15) is 25.1 Å². The van der Waals surface area contributed by atoms with E-state index in [0.717, 1.165) is 35.7 Å². The van der Waals surface area contributed by atoms with Crippen molar-refractivity contribution in [3.05, 3.63) is 47.7 Å². The zero-order chi connectivity index (χ0) is 21.0. The third-order valence-corrected chi connectivity index (χ3v) is 5.50. The maximum absolute atomic E-state index is 15.1. The number of fused-ring (bicyclic) bond motifs is 2. The Kier molecular flexibility index (Phi) is 4.39. The first kappa shape index (κ1) is 18.9. The number of nitrogens with one attached hydrogen (secondary N) is 1. The molecule has 1 aliphatic rings. The number of rotatable bonds is 2. The Morgan fingerprint density at radius 3 is 2.60 bits per heavy atom. The predicted octanol–water partition coefficient (Wildman–Crippen LogP) is 3.28. The molecule has 0 amide bonds. The molecule has 30 heavy (non-hydrogen) atoms. The lowest BCUT2D eigenvalue weighted by atomic mass is 10.1. The summed E-state index contributed by atoms with van der Waals surface area (Å²) in [6.07, 6.45) is 3.54. The smallest absolute Gasteiger partial charge is 0.180 e. The first-order valence-electron chi connectivity index (χ1n) is 10.2. The highest BCUT2D eigenvalue weighted by atomic mass is 19.1. The second kappa shape index (κ2) is 6.98. The number of hydrogen-bond donors (Lipinski definition) is 1. The summed E-state index contributed by atoms with van der Waals surface area (Å²) in [5.41, 5.74) is 4.41. The number of aromatic nitrogens is 5. The summed E-state index contributed by atoms with van der Waals surface area (Å²) in [7, 11) is 0. The van der Waals surface area contributed by atoms with Gasteiger partial charge in [-0.3, -0.25) is 0 Å². The third kappa shape index (κ3) is 3.27. The highest BCUT2D eigenvalue weighted by Gasteiger charge is 2.22. The van der Waals surface area contributed by atoms with E-state index in [1.807, 2.05) is 32.2 Å². The van der Waals surface area contributed by atoms with Crippen molar-refractivity contribution in [1.29, 1.82) is 0 Å². The van der Waals surface area contributed by atoms with Crippen molar-refractivity contribution in [1.82, 2.24) is 29.9 Å². The molecule has 0 unspecified atom stereocenters. The maximum Gasteiger partial charge on any atom is 0.180 e. The average molecular weight is 405 g/mol. The maximum atomic E-state index is 15.1. The molecule has 0 saturated carbocycles. The van der Waals surface area contributed by atoms with Crippen LogP contribution in [0.5, 0.6) is 0 Å². The molecule has 7 nitrogen and oxygen atoms in total. The summed E-state index contributed by atoms with van der Waals surface area (Å²) in [5.74, 6) is 0.0520. The van der Waals surface area contributed by atoms with Crippen LogP contribution < -0.4 is 10.2 Å². The molecule has 1 N–H and O–H groups in total. The van der Waals surface area contributed by atoms with Crippen molar-refractivity contribution in [3.8, 4) is 11.5 Å². The van der Waals surface area contributed by atoms with E-state index in [-0.39, 0.29) is 5.82 Å². The van der Waals surface area contributed by atoms with Gasteiger partial charge in [-0.1, -0.05) is 0 Å². The molecule has 1 aliphatic heterocycles. The molecule has 154 valence electrons. The fraction of sp³-hybridized carbons (Fsp3) is 0.364. The quantitative estimate of drug-likeness (QED) is 0.552. The topological polar surface area (TPSA) is 71.2 Å². The molecule has 1 saturated heterocycles. The summed E-state index contributed by atoms with van der Waals surface area (Å²) in [4.78, 5) is 15.7. The van der Waals surface area contributed by atoms with Crippen LogP contribution in [-0.4, -0.2) is 49.7 Å². The Hall–Kier alpha value is -3.13. The van der Waals surface area contributed by atoms with Crippen molar-refractivity contribution in [2.24, 2.45) is 0 Å². The average Bonchev–Trinajstić information content (AvgIpc) is 3.08. The summed E-state index contributed by atoms with van der Waals surface area (Å²) in [5, 5.41) is 8.75. The molecule has 0 aliphatic carbocycles. The van der Waals surface area contributed by atoms with Crippen LogP contribution in [0.2, 0.25) is 0 Å². The minimum Gasteiger partial charge on any atom is -0.368 e. The number of imidazole rings is 1. The molecular formula is C22H24FN7. The van der Waals surface area contributed by atoms with E-state index in [2.05, 4.69) is 44.1 Å². The van der Waals surface area contributed by atoms with E-state index in [1.54, 1.807) is 16.8 Å². The Balaban J connectivity index is 1.56. The first-order valence-corrected chi connectivity index (χ1v) is 10.2. The van der Waals surface area contributed by atoms with E-state index in [9.17, 15) is 0 Å². The van der Waals surface area contributed by atoms with Crippen molar-refractivity contribution in [3.63, 3.8) is 0 Å². The zero-order valence-corrected chi connectivity index (χ0v) is 17.5. The standard InChI is InChI=1S/C22H24FN7/c1-12-5-19(28-30-11-15(4)26-22(12)30)21-24-8-16-6-17(7-18(23)20(16)27-21)29-9-13(2)25-14(3)10-29/h5-8,11,13-14,25H,9-10H2,1-4H3/t13-,14-/m0/s1. The minimum absolute atomic E-state index is 0.307. The molecule has 0 bridgehead atoms. The van der Waals surface area contributed by atoms with Gasteiger partial charge in [0.05, 0.1) is 11.9 Å². The molecule has 4 heterocycles. The van der Waals surface area contributed by atoms with E-state index < -0.39 is 0 Å². The molecule has 3 aromatic heterocycles. The monoisotopic (exact) mass is 405 g/mol. The largest absolute Gasteiger partial charge is 0.368 e. The van der Waals surface area contributed by atoms with Gasteiger partial charge in [0.2, 0.25) is 0 Å². The van der Waals surface area contributed by atoms with Crippen molar-refractivity contribution >= 4 is 22.2 Å². The SMILES string of the molecule is Cc1cn2nc(-c3ncc4cc(N5C[C@H](C)N[C@@H](C)C5)cc(F)c4n3)cc(C)c2n1. The molecule has 4 aromatic rings. The minimum atomic E-state index is -0.346. The fourth-order valence-corrected chi connectivity index (χ4v) is 4.29. The Labute approximate surface area is 174 Å². The molecule has 0 radical (unpaired) electrons. The number of halogens is 1. The van der Waals surface area contributed by atoms with Crippen LogP contribution >= 0.6 is 0 Å². The van der Waals surface area contributed by atoms with E-state index in [1.165, 1.54) is 0 Å². The Morgan fingerprint density at radius 1 is 1.07 bits per heavy atom. The number of piperazine rings is 1. The van der Waals surface area contributed by atoms with Crippen molar-refractivity contribution < 1.29 is 4.39 Å². The summed E-state index contributed by atoms with van der Waals surface area (Å²) in [6, 6.07) is 6.13. The Morgan fingerprint density at radius 2 is 1.83 bits per heavy atom. The van der Waals surface area contributed by atoms with Gasteiger partial charge in [0.15, 0.2) is 17.3 Å². The molecule has 1 fully saturated rings. The van der Waals surface area contributed by atoms with Crippen LogP contribution in [0.3, 0.4) is 0 Å². The van der Waals surface area contributed by atoms with Crippen molar-refractivity contribution in [2.45, 2.75) is 39.8 Å². The van der Waals surface area contributed by atoms with Crippen LogP contribution in [0.4, 0.5) is 10.1 Å². The lowest BCUT2D eigenvalue weighted by Crippen LogP contribution is -2.54. The second-order valence-corrected chi connectivity index (χ2v) is 8.30. The van der Waals surface area contributed by atoms with Gasteiger partial charge in [0.25, 0.3) is 0 Å². The van der Waals surface area contributed by atoms with Crippen LogP contribution in [0.25, 0.3) is 28.1 Å². The van der Waals surface area contributed by atoms with Gasteiger partial charge in [0, 0.05) is 42.4 Å². The molecule has 0 spiro atoms. The second-order valence-electron chi connectivity index (χ2n) is 8.30. The van der Waals surface area contributed by atoms with Gasteiger partial charge in [0.1, 0.15) is 11.2 Å². The lowest BCUT2D eigenvalue weighted by Gasteiger charge is -2.37. The number of aryl methyl sites for hydroxylation is 2. The molecule has 2 atom stereocenters. The molecular weight excluding hydrogens is 381 g/mol. The predicted molar refractivity (Wildman–Crippen MR) is 115 cm³/mol.